The number of hydrogen-bond acceptors (Lipinski definition) is 4. The highest BCUT2D eigenvalue weighted by molar-refractivity contribution is 5.75. The summed E-state index contributed by atoms with van der Waals surface area (Å²) >= 11 is 0. The minimum absolute atomic E-state index is 0.0421. The van der Waals surface area contributed by atoms with Gasteiger partial charge in [0.2, 0.25) is 5.91 Å². The fourth-order valence-electron chi connectivity index (χ4n) is 1.69. The van der Waals surface area contributed by atoms with Crippen molar-refractivity contribution < 1.29 is 14.3 Å². The quantitative estimate of drug-likeness (QED) is 0.808. The molecule has 118 valence electrons. The van der Waals surface area contributed by atoms with Gasteiger partial charge < -0.3 is 20.1 Å². The molecule has 1 amide bonds. The Hall–Kier alpha value is -1.75. The molecular weight excluding hydrogens is 268 g/mol. The van der Waals surface area contributed by atoms with Gasteiger partial charge in [-0.3, -0.25) is 4.79 Å². The van der Waals surface area contributed by atoms with Crippen molar-refractivity contribution in [1.82, 2.24) is 10.6 Å². The van der Waals surface area contributed by atoms with E-state index in [-0.39, 0.29) is 11.4 Å². The van der Waals surface area contributed by atoms with Crippen molar-refractivity contribution in [2.75, 3.05) is 20.8 Å². The molecule has 0 radical (unpaired) electrons. The summed E-state index contributed by atoms with van der Waals surface area (Å²) in [6, 6.07) is 5.83. The second kappa shape index (κ2) is 7.88. The van der Waals surface area contributed by atoms with Crippen LogP contribution in [0, 0.1) is 0 Å². The highest BCUT2D eigenvalue weighted by Gasteiger charge is 2.11. The topological polar surface area (TPSA) is 59.6 Å². The minimum Gasteiger partial charge on any atom is -0.493 e. The molecule has 1 rings (SSSR count). The SMILES string of the molecule is CNC(=O)CCOc1cc(CNC(C)(C)C)ccc1OC. The van der Waals surface area contributed by atoms with Gasteiger partial charge in [0.05, 0.1) is 20.1 Å². The average Bonchev–Trinajstić information content (AvgIpc) is 2.44. The summed E-state index contributed by atoms with van der Waals surface area (Å²) in [4.78, 5) is 11.2. The maximum atomic E-state index is 11.2. The zero-order valence-electron chi connectivity index (χ0n) is 13.6. The van der Waals surface area contributed by atoms with Crippen LogP contribution in [0.15, 0.2) is 18.2 Å². The van der Waals surface area contributed by atoms with Crippen molar-refractivity contribution in [2.24, 2.45) is 0 Å². The molecule has 0 saturated carbocycles. The van der Waals surface area contributed by atoms with E-state index in [0.717, 1.165) is 12.1 Å². The van der Waals surface area contributed by atoms with Crippen LogP contribution in [0.1, 0.15) is 32.8 Å². The third kappa shape index (κ3) is 6.49. The number of rotatable bonds is 7. The van der Waals surface area contributed by atoms with Gasteiger partial charge in [-0.1, -0.05) is 6.07 Å². The molecule has 0 saturated heterocycles. The maximum absolute atomic E-state index is 11.2. The molecule has 0 aromatic heterocycles. The molecule has 5 nitrogen and oxygen atoms in total. The largest absolute Gasteiger partial charge is 0.493 e. The van der Waals surface area contributed by atoms with E-state index in [1.807, 2.05) is 18.2 Å². The number of ether oxygens (including phenoxy) is 2. The molecule has 0 atom stereocenters. The number of carbonyl (C=O) groups excluding carboxylic acids is 1. The lowest BCUT2D eigenvalue weighted by molar-refractivity contribution is -0.121. The number of amides is 1. The molecule has 0 unspecified atom stereocenters. The van der Waals surface area contributed by atoms with Crippen LogP contribution in [0.3, 0.4) is 0 Å². The Labute approximate surface area is 127 Å². The van der Waals surface area contributed by atoms with Gasteiger partial charge in [0.15, 0.2) is 11.5 Å². The zero-order chi connectivity index (χ0) is 15.9. The first-order valence-corrected chi connectivity index (χ1v) is 7.11. The number of hydrogen-bond donors (Lipinski definition) is 2. The second-order valence-electron chi connectivity index (χ2n) is 5.86. The standard InChI is InChI=1S/C16H26N2O3/c1-16(2,3)18-11-12-6-7-13(20-5)14(10-12)21-9-8-15(19)17-4/h6-7,10,18H,8-9,11H2,1-5H3,(H,17,19). The van der Waals surface area contributed by atoms with E-state index >= 15 is 0 Å². The van der Waals surface area contributed by atoms with Crippen LogP contribution in [0.25, 0.3) is 0 Å². The Kier molecular flexibility index (Phi) is 6.49. The number of carbonyl (C=O) groups is 1. The van der Waals surface area contributed by atoms with E-state index in [9.17, 15) is 4.79 Å². The lowest BCUT2D eigenvalue weighted by Gasteiger charge is -2.21. The van der Waals surface area contributed by atoms with Crippen molar-refractivity contribution in [2.45, 2.75) is 39.3 Å². The molecule has 1 aromatic rings. The molecule has 0 spiro atoms. The molecule has 0 aliphatic rings. The zero-order valence-corrected chi connectivity index (χ0v) is 13.6. The first-order valence-electron chi connectivity index (χ1n) is 7.11. The summed E-state index contributed by atoms with van der Waals surface area (Å²) in [7, 11) is 3.22. The van der Waals surface area contributed by atoms with Crippen molar-refractivity contribution in [3.05, 3.63) is 23.8 Å². The molecule has 2 N–H and O–H groups in total. The van der Waals surface area contributed by atoms with Gasteiger partial charge in [-0.25, -0.2) is 0 Å². The van der Waals surface area contributed by atoms with Crippen LogP contribution in [-0.2, 0) is 11.3 Å². The summed E-state index contributed by atoms with van der Waals surface area (Å²) in [6.07, 6.45) is 0.324. The predicted molar refractivity (Wildman–Crippen MR) is 83.8 cm³/mol. The third-order valence-corrected chi connectivity index (χ3v) is 2.92. The van der Waals surface area contributed by atoms with Crippen LogP contribution < -0.4 is 20.1 Å². The highest BCUT2D eigenvalue weighted by Crippen LogP contribution is 2.28. The second-order valence-corrected chi connectivity index (χ2v) is 5.86. The van der Waals surface area contributed by atoms with Crippen LogP contribution in [-0.4, -0.2) is 32.2 Å². The van der Waals surface area contributed by atoms with Crippen LogP contribution >= 0.6 is 0 Å². The molecule has 0 aliphatic carbocycles. The number of benzene rings is 1. The normalized spacial score (nSPS) is 11.1. The molecular formula is C16H26N2O3. The minimum atomic E-state index is -0.0421. The summed E-state index contributed by atoms with van der Waals surface area (Å²) in [6.45, 7) is 7.44. The van der Waals surface area contributed by atoms with E-state index in [0.29, 0.717) is 24.5 Å². The van der Waals surface area contributed by atoms with E-state index in [1.54, 1.807) is 14.2 Å². The van der Waals surface area contributed by atoms with E-state index in [2.05, 4.69) is 31.4 Å². The summed E-state index contributed by atoms with van der Waals surface area (Å²) in [5.41, 5.74) is 1.17. The van der Waals surface area contributed by atoms with Gasteiger partial charge in [0, 0.05) is 19.1 Å². The Balaban J connectivity index is 2.69. The molecule has 0 bridgehead atoms. The Morgan fingerprint density at radius 2 is 1.95 bits per heavy atom. The van der Waals surface area contributed by atoms with Gasteiger partial charge in [0.25, 0.3) is 0 Å². The van der Waals surface area contributed by atoms with Crippen molar-refractivity contribution in [3.8, 4) is 11.5 Å². The fourth-order valence-corrected chi connectivity index (χ4v) is 1.69. The summed E-state index contributed by atoms with van der Waals surface area (Å²) < 4.78 is 10.9. The van der Waals surface area contributed by atoms with Crippen LogP contribution in [0.2, 0.25) is 0 Å². The number of methoxy groups -OCH3 is 1. The van der Waals surface area contributed by atoms with Crippen LogP contribution in [0.5, 0.6) is 11.5 Å². The van der Waals surface area contributed by atoms with Crippen LogP contribution in [0.4, 0.5) is 0 Å². The lowest BCUT2D eigenvalue weighted by Crippen LogP contribution is -2.35. The van der Waals surface area contributed by atoms with Crippen molar-refractivity contribution in [1.29, 1.82) is 0 Å². The smallest absolute Gasteiger partial charge is 0.223 e. The van der Waals surface area contributed by atoms with E-state index < -0.39 is 0 Å². The average molecular weight is 294 g/mol. The van der Waals surface area contributed by atoms with Crippen molar-refractivity contribution in [3.63, 3.8) is 0 Å². The molecule has 1 aromatic carbocycles. The predicted octanol–water partition coefficient (Wildman–Crippen LogP) is 2.10. The molecule has 0 fully saturated rings. The molecule has 21 heavy (non-hydrogen) atoms. The van der Waals surface area contributed by atoms with Gasteiger partial charge in [0.1, 0.15) is 0 Å². The molecule has 0 heterocycles. The van der Waals surface area contributed by atoms with Gasteiger partial charge in [-0.2, -0.15) is 0 Å². The highest BCUT2D eigenvalue weighted by atomic mass is 16.5. The first kappa shape index (κ1) is 17.3. The Morgan fingerprint density at radius 1 is 1.24 bits per heavy atom. The maximum Gasteiger partial charge on any atom is 0.223 e. The van der Waals surface area contributed by atoms with Crippen molar-refractivity contribution >= 4 is 5.91 Å². The van der Waals surface area contributed by atoms with Gasteiger partial charge >= 0.3 is 0 Å². The molecule has 0 aliphatic heterocycles. The fraction of sp³-hybridized carbons (Fsp3) is 0.562. The van der Waals surface area contributed by atoms with Gasteiger partial charge in [-0.05, 0) is 38.5 Å². The summed E-state index contributed by atoms with van der Waals surface area (Å²) in [5, 5.41) is 5.99. The van der Waals surface area contributed by atoms with E-state index in [4.69, 9.17) is 9.47 Å². The monoisotopic (exact) mass is 294 g/mol. The third-order valence-electron chi connectivity index (χ3n) is 2.92. The first-order chi connectivity index (χ1) is 9.85. The van der Waals surface area contributed by atoms with E-state index in [1.165, 1.54) is 0 Å². The number of nitrogens with one attached hydrogen (secondary N) is 2. The molecule has 5 heteroatoms. The Bertz CT molecular complexity index is 467. The van der Waals surface area contributed by atoms with Gasteiger partial charge in [-0.15, -0.1) is 0 Å². The Morgan fingerprint density at radius 3 is 2.52 bits per heavy atom. The lowest BCUT2D eigenvalue weighted by atomic mass is 10.1. The summed E-state index contributed by atoms with van der Waals surface area (Å²) in [5.74, 6) is 1.29.